The zero-order valence-corrected chi connectivity index (χ0v) is 70.5. The van der Waals surface area contributed by atoms with Gasteiger partial charge in [-0.25, -0.2) is 0 Å². The number of hydrogen-bond acceptors (Lipinski definition) is 8. The molecule has 0 fully saturated rings. The second-order valence-electron chi connectivity index (χ2n) is 30.2. The number of rotatable bonds is 43. The van der Waals surface area contributed by atoms with Gasteiger partial charge in [0.15, 0.2) is 6.73 Å². The molecule has 0 aliphatic carbocycles. The molecule has 18 heteroatoms. The Morgan fingerprint density at radius 2 is 0.398 bits per heavy atom. The first-order valence-electron chi connectivity index (χ1n) is 38.3. The molecule has 93 heavy (non-hydrogen) atoms. The van der Waals surface area contributed by atoms with Crippen LogP contribution in [0.3, 0.4) is 0 Å². The van der Waals surface area contributed by atoms with Crippen LogP contribution in [0.2, 0.25) is 0 Å². The van der Waals surface area contributed by atoms with Crippen molar-refractivity contribution in [1.82, 2.24) is 0 Å². The molecule has 0 saturated carbocycles. The summed E-state index contributed by atoms with van der Waals surface area (Å²) in [6, 6.07) is 0. The summed E-state index contributed by atoms with van der Waals surface area (Å²) in [5.41, 5.74) is 0. The van der Waals surface area contributed by atoms with Crippen LogP contribution in [0.1, 0.15) is 189 Å². The van der Waals surface area contributed by atoms with Gasteiger partial charge in [-0.1, -0.05) is 61.8 Å². The fourth-order valence-corrected chi connectivity index (χ4v) is 10.5. The van der Waals surface area contributed by atoms with Crippen molar-refractivity contribution in [3.63, 3.8) is 0 Å². The zero-order chi connectivity index (χ0) is 75.4. The van der Waals surface area contributed by atoms with Crippen LogP contribution in [0.25, 0.3) is 0 Å². The maximum atomic E-state index is 8.95. The molecule has 0 aromatic carbocycles. The van der Waals surface area contributed by atoms with Gasteiger partial charge in [-0.2, -0.15) is 0 Å². The van der Waals surface area contributed by atoms with Crippen molar-refractivity contribution in [1.29, 1.82) is 0 Å². The summed E-state index contributed by atoms with van der Waals surface area (Å²) in [6.45, 7) is 72.7. The summed E-state index contributed by atoms with van der Waals surface area (Å²) < 4.78 is 10.1. The summed E-state index contributed by atoms with van der Waals surface area (Å²) in [6.07, 6.45) is 11.9. The first-order chi connectivity index (χ1) is 43.1. The van der Waals surface area contributed by atoms with Crippen molar-refractivity contribution in [2.75, 3.05) is 315 Å². The Labute approximate surface area is 587 Å². The van der Waals surface area contributed by atoms with Crippen molar-refractivity contribution in [2.45, 2.75) is 189 Å². The second-order valence-corrected chi connectivity index (χ2v) is 30.2. The Kier molecular flexibility index (Phi) is 86.8. The predicted octanol–water partition coefficient (Wildman–Crippen LogP) is 9.00. The van der Waals surface area contributed by atoms with Gasteiger partial charge in [0, 0.05) is 0 Å². The average molecular weight is 1360 g/mol. The molecular formula is C75H190N10O8+10. The summed E-state index contributed by atoms with van der Waals surface area (Å²) in [5, 5.41) is 69.1. The van der Waals surface area contributed by atoms with E-state index in [1.807, 2.05) is 35.2 Å². The van der Waals surface area contributed by atoms with Gasteiger partial charge in [0.2, 0.25) is 0 Å². The fraction of sp³-hybridized carbons (Fsp3) is 1.00. The molecule has 0 aliphatic rings. The molecule has 0 radical (unpaired) electrons. The van der Waals surface area contributed by atoms with Crippen LogP contribution in [0.15, 0.2) is 0 Å². The van der Waals surface area contributed by atoms with Gasteiger partial charge < -0.3 is 85.7 Å². The van der Waals surface area contributed by atoms with Crippen molar-refractivity contribution < 1.29 is 85.7 Å². The van der Waals surface area contributed by atoms with Crippen molar-refractivity contribution in [3.8, 4) is 0 Å². The topological polar surface area (TPSA) is 162 Å². The zero-order valence-electron chi connectivity index (χ0n) is 70.5. The lowest BCUT2D eigenvalue weighted by Crippen LogP contribution is -2.50. The molecule has 0 rings (SSSR count). The van der Waals surface area contributed by atoms with Gasteiger partial charge in [-0.05, 0) is 128 Å². The lowest BCUT2D eigenvalue weighted by Gasteiger charge is -2.38. The minimum absolute atomic E-state index is 0.0938. The third-order valence-corrected chi connectivity index (χ3v) is 19.2. The highest BCUT2D eigenvalue weighted by Gasteiger charge is 2.24. The normalized spacial score (nSPS) is 12.0. The van der Waals surface area contributed by atoms with Gasteiger partial charge in [-0.3, -0.25) is 0 Å². The van der Waals surface area contributed by atoms with Crippen LogP contribution < -0.4 is 0 Å². The largest absolute Gasteiger partial charge is 0.391 e. The number of nitrogens with zero attached hydrogens (tertiary/aromatic N) is 10. The molecule has 8 N–H and O–H groups in total. The van der Waals surface area contributed by atoms with Gasteiger partial charge in [-0.15, -0.1) is 0 Å². The van der Waals surface area contributed by atoms with Gasteiger partial charge in [0.1, 0.15) is 45.8 Å². The Balaban J connectivity index is -0.000000103. The molecule has 0 atom stereocenters. The molecule has 0 amide bonds. The molecule has 0 spiro atoms. The molecule has 0 bridgehead atoms. The van der Waals surface area contributed by atoms with E-state index in [0.29, 0.717) is 59.3 Å². The molecule has 0 aliphatic heterocycles. The summed E-state index contributed by atoms with van der Waals surface area (Å²) in [5.74, 6) is 0. The van der Waals surface area contributed by atoms with Crippen LogP contribution in [0, 0.1) is 0 Å². The van der Waals surface area contributed by atoms with E-state index < -0.39 is 0 Å². The second kappa shape index (κ2) is 71.1. The van der Waals surface area contributed by atoms with E-state index in [0.717, 1.165) is 33.1 Å². The molecule has 0 saturated heterocycles. The maximum absolute atomic E-state index is 8.95. The summed E-state index contributed by atoms with van der Waals surface area (Å²) >= 11 is 0. The molecule has 0 heterocycles. The van der Waals surface area contributed by atoms with Crippen LogP contribution >= 0.6 is 0 Å². The quantitative estimate of drug-likeness (QED) is 0.0222. The maximum Gasteiger partial charge on any atom is 0.180 e. The van der Waals surface area contributed by atoms with E-state index in [1.54, 1.807) is 0 Å². The minimum Gasteiger partial charge on any atom is -0.391 e. The Bertz CT molecular complexity index is 1220. The van der Waals surface area contributed by atoms with Crippen LogP contribution in [0.4, 0.5) is 0 Å². The number of hydrogen-bond donors (Lipinski definition) is 8. The van der Waals surface area contributed by atoms with E-state index in [-0.39, 0.29) is 53.0 Å². The third kappa shape index (κ3) is 78.5. The predicted molar refractivity (Wildman–Crippen MR) is 412 cm³/mol. The third-order valence-electron chi connectivity index (χ3n) is 19.2. The van der Waals surface area contributed by atoms with Crippen LogP contribution in [-0.4, -0.2) is 400 Å². The van der Waals surface area contributed by atoms with E-state index in [9.17, 15) is 0 Å². The number of aliphatic hydroxyl groups is 8. The van der Waals surface area contributed by atoms with Crippen LogP contribution in [0.5, 0.6) is 0 Å². The minimum atomic E-state index is 0.0938. The van der Waals surface area contributed by atoms with E-state index in [4.69, 9.17) is 40.9 Å². The monoisotopic (exact) mass is 1360 g/mol. The molecule has 0 aromatic heterocycles. The number of quaternary nitrogens is 10. The highest BCUT2D eigenvalue weighted by molar-refractivity contribution is 4.45. The summed E-state index contributed by atoms with van der Waals surface area (Å²) in [7, 11) is 27.7. The van der Waals surface area contributed by atoms with Crippen molar-refractivity contribution in [3.05, 3.63) is 0 Å². The smallest absolute Gasteiger partial charge is 0.180 e. The van der Waals surface area contributed by atoms with Gasteiger partial charge >= 0.3 is 0 Å². The van der Waals surface area contributed by atoms with E-state index in [1.165, 1.54) is 180 Å². The van der Waals surface area contributed by atoms with Crippen molar-refractivity contribution >= 4 is 0 Å². The van der Waals surface area contributed by atoms with E-state index >= 15 is 0 Å². The Hall–Kier alpha value is -0.720. The molecular weight excluding hydrogens is 1170 g/mol. The lowest BCUT2D eigenvalue weighted by atomic mass is 10.2. The summed E-state index contributed by atoms with van der Waals surface area (Å²) in [4.78, 5) is 0. The Morgan fingerprint density at radius 3 is 0.495 bits per heavy atom. The fourth-order valence-electron chi connectivity index (χ4n) is 10.5. The Morgan fingerprint density at radius 1 is 0.183 bits per heavy atom. The number of unbranched alkanes of at least 4 members (excludes halogenated alkanes) is 1. The first-order valence-corrected chi connectivity index (χ1v) is 38.3. The molecule has 18 nitrogen and oxygen atoms in total. The van der Waals surface area contributed by atoms with E-state index in [2.05, 4.69) is 188 Å². The highest BCUT2D eigenvalue weighted by atomic mass is 16.3. The standard InChI is InChI=1S/C12H28N.C10H24N.C8H20N.C7H18NO3.C7H18NO.2C7H18N.2C6H16NO2.C5H14N/c1-5-9-13(10-6-2,11-7-3)12-8-4;1-5-8-11(4,9-6-2)10-7-3;1-5-9(6-2,7-3)8-4;1-8(2-5-9,3-6-10)4-7-11;1-4-8(5-2,6-3)7-9;1-5-6-7-8(2,3)4;1-5-8(4,6-2)7-3;2*1-7(2,3-5-8)4-6-9;1-5-6(2,3)4/h5-12H2,1-4H3;5-10H2,1-4H3;5-8H2,1-4H3;9-11H,2-7H2,1H3;9H,4-7H2,1-3H3;2*5-7H2,1-4H3;2*8-9H,3-6H2,1-2H3;5H2,1-4H3/q10*+1. The van der Waals surface area contributed by atoms with Crippen molar-refractivity contribution in [2.24, 2.45) is 0 Å². The SMILES string of the molecule is CCCC[N+](C)(C)C.CCC[N+](C)(CCC)CCC.CCC[N+](CCC)(CCC)CCC.CC[N+](C)(C)C.CC[N+](C)(CC)CC.CC[N+](CC)(CC)CC.CC[N+](CC)(CC)CO.C[N+](C)(CCO)CCO.C[N+](C)(CCO)CCO.C[N+](CCO)(CCO)CCO. The number of aliphatic hydroxyl groups excluding tert-OH is 8. The molecule has 0 unspecified atom stereocenters. The van der Waals surface area contributed by atoms with Gasteiger partial charge in [0.05, 0.1) is 262 Å². The van der Waals surface area contributed by atoms with Crippen LogP contribution in [-0.2, 0) is 0 Å². The highest BCUT2D eigenvalue weighted by Crippen LogP contribution is 2.13. The first kappa shape index (κ1) is 114. The lowest BCUT2D eigenvalue weighted by molar-refractivity contribution is -0.940. The molecule has 578 valence electrons. The number of likely N-dealkylation sites (N-methyl/N-ethyl adjacent to an activating group) is 3. The van der Waals surface area contributed by atoms with Gasteiger partial charge in [0.25, 0.3) is 0 Å². The molecule has 0 aromatic rings. The average Bonchev–Trinajstić information content (AvgIpc) is 2.61.